The first-order chi connectivity index (χ1) is 13.6. The Kier molecular flexibility index (Phi) is 6.98. The van der Waals surface area contributed by atoms with Gasteiger partial charge in [-0.3, -0.25) is 0 Å². The molecule has 146 valence electrons. The number of nitrogens with zero attached hydrogens (tertiary/aromatic N) is 2. The van der Waals surface area contributed by atoms with Crippen LogP contribution in [0.15, 0.2) is 59.3 Å². The lowest BCUT2D eigenvalue weighted by Gasteiger charge is -2.20. The van der Waals surface area contributed by atoms with Gasteiger partial charge in [0.1, 0.15) is 29.5 Å². The van der Waals surface area contributed by atoms with E-state index in [0.29, 0.717) is 11.5 Å². The number of hydrogen-bond donors (Lipinski definition) is 1. The third kappa shape index (κ3) is 5.07. The summed E-state index contributed by atoms with van der Waals surface area (Å²) < 4.78 is 19.7. The van der Waals surface area contributed by atoms with Crippen LogP contribution in [0.3, 0.4) is 0 Å². The van der Waals surface area contributed by atoms with Crippen LogP contribution in [0.4, 0.5) is 10.2 Å². The van der Waals surface area contributed by atoms with Gasteiger partial charge in [0.15, 0.2) is 0 Å². The maximum atomic E-state index is 13.0. The van der Waals surface area contributed by atoms with Crippen LogP contribution in [-0.4, -0.2) is 9.97 Å². The van der Waals surface area contributed by atoms with Gasteiger partial charge in [0, 0.05) is 0 Å². The third-order valence-corrected chi connectivity index (χ3v) is 5.23. The van der Waals surface area contributed by atoms with Crippen molar-refractivity contribution < 1.29 is 9.13 Å². The van der Waals surface area contributed by atoms with Crippen LogP contribution in [0, 0.1) is 5.82 Å². The smallest absolute Gasteiger partial charge is 0.144 e. The molecule has 1 unspecified atom stereocenters. The summed E-state index contributed by atoms with van der Waals surface area (Å²) in [5, 5.41) is 3.51. The molecule has 1 aromatic heterocycles. The van der Waals surface area contributed by atoms with Crippen molar-refractivity contribution in [1.29, 1.82) is 0 Å². The van der Waals surface area contributed by atoms with E-state index >= 15 is 0 Å². The highest BCUT2D eigenvalue weighted by Gasteiger charge is 2.14. The topological polar surface area (TPSA) is 47.0 Å². The first-order valence-electron chi connectivity index (χ1n) is 9.40. The van der Waals surface area contributed by atoms with Crippen molar-refractivity contribution in [3.8, 4) is 11.5 Å². The van der Waals surface area contributed by atoms with Crippen molar-refractivity contribution >= 4 is 21.7 Å². The standard InChI is InChI=1S/C22H23BrFN3O/c1-3-5-20-21(23)22(26-14-25-20)27-19(4-2)15-6-10-17(11-7-15)28-18-12-8-16(24)9-13-18/h6-14,19H,3-5H2,1-2H3,(H,25,26,27). The summed E-state index contributed by atoms with van der Waals surface area (Å²) in [7, 11) is 0. The average Bonchev–Trinajstić information content (AvgIpc) is 2.71. The highest BCUT2D eigenvalue weighted by atomic mass is 79.9. The minimum atomic E-state index is -0.280. The van der Waals surface area contributed by atoms with Crippen molar-refractivity contribution in [2.24, 2.45) is 0 Å². The number of benzene rings is 2. The maximum absolute atomic E-state index is 13.0. The number of aryl methyl sites for hydroxylation is 1. The van der Waals surface area contributed by atoms with Gasteiger partial charge < -0.3 is 10.1 Å². The molecule has 4 nitrogen and oxygen atoms in total. The quantitative estimate of drug-likeness (QED) is 0.421. The molecule has 0 spiro atoms. The molecule has 0 aliphatic rings. The Hall–Kier alpha value is -2.47. The summed E-state index contributed by atoms with van der Waals surface area (Å²) >= 11 is 3.63. The second kappa shape index (κ2) is 9.64. The molecule has 0 amide bonds. The van der Waals surface area contributed by atoms with E-state index < -0.39 is 0 Å². The van der Waals surface area contributed by atoms with Crippen LogP contribution < -0.4 is 10.1 Å². The van der Waals surface area contributed by atoms with Gasteiger partial charge in [-0.15, -0.1) is 0 Å². The predicted octanol–water partition coefficient (Wildman–Crippen LogP) is 6.69. The highest BCUT2D eigenvalue weighted by Crippen LogP contribution is 2.30. The zero-order valence-corrected chi connectivity index (χ0v) is 17.5. The molecule has 1 atom stereocenters. The number of rotatable bonds is 8. The molecular weight excluding hydrogens is 421 g/mol. The van der Waals surface area contributed by atoms with E-state index in [-0.39, 0.29) is 11.9 Å². The molecule has 2 aromatic carbocycles. The van der Waals surface area contributed by atoms with E-state index in [1.807, 2.05) is 24.3 Å². The molecule has 1 heterocycles. The van der Waals surface area contributed by atoms with E-state index in [4.69, 9.17) is 4.74 Å². The molecule has 0 aliphatic heterocycles. The number of aromatic nitrogens is 2. The summed E-state index contributed by atoms with van der Waals surface area (Å²) in [6.07, 6.45) is 4.44. The monoisotopic (exact) mass is 443 g/mol. The van der Waals surface area contributed by atoms with Gasteiger partial charge in [-0.05, 0) is 70.7 Å². The van der Waals surface area contributed by atoms with Gasteiger partial charge in [-0.1, -0.05) is 32.4 Å². The fourth-order valence-corrected chi connectivity index (χ4v) is 3.43. The first-order valence-corrected chi connectivity index (χ1v) is 10.2. The molecule has 0 fully saturated rings. The van der Waals surface area contributed by atoms with Gasteiger partial charge in [0.2, 0.25) is 0 Å². The fourth-order valence-electron chi connectivity index (χ4n) is 2.91. The van der Waals surface area contributed by atoms with Crippen molar-refractivity contribution in [3.05, 3.63) is 76.4 Å². The fraction of sp³-hybridized carbons (Fsp3) is 0.273. The molecule has 6 heteroatoms. The second-order valence-corrected chi connectivity index (χ2v) is 7.26. The molecule has 1 N–H and O–H groups in total. The largest absolute Gasteiger partial charge is 0.457 e. The Morgan fingerprint density at radius 1 is 1.00 bits per heavy atom. The first kappa shape index (κ1) is 20.3. The molecule has 0 radical (unpaired) electrons. The average molecular weight is 444 g/mol. The lowest BCUT2D eigenvalue weighted by Crippen LogP contribution is -2.12. The maximum Gasteiger partial charge on any atom is 0.144 e. The van der Waals surface area contributed by atoms with Crippen LogP contribution in [-0.2, 0) is 6.42 Å². The van der Waals surface area contributed by atoms with E-state index in [1.165, 1.54) is 12.1 Å². The number of anilines is 1. The lowest BCUT2D eigenvalue weighted by molar-refractivity contribution is 0.480. The van der Waals surface area contributed by atoms with Crippen molar-refractivity contribution in [3.63, 3.8) is 0 Å². The van der Waals surface area contributed by atoms with Crippen LogP contribution in [0.25, 0.3) is 0 Å². The summed E-state index contributed by atoms with van der Waals surface area (Å²) in [6, 6.07) is 14.0. The van der Waals surface area contributed by atoms with Crippen LogP contribution in [0.2, 0.25) is 0 Å². The van der Waals surface area contributed by atoms with Crippen molar-refractivity contribution in [2.75, 3.05) is 5.32 Å². The molecule has 0 saturated carbocycles. The third-order valence-electron chi connectivity index (χ3n) is 4.40. The van der Waals surface area contributed by atoms with Gasteiger partial charge in [-0.2, -0.15) is 0 Å². The Balaban J connectivity index is 1.72. The minimum absolute atomic E-state index is 0.112. The number of ether oxygens (including phenoxy) is 1. The Labute approximate surface area is 173 Å². The minimum Gasteiger partial charge on any atom is -0.457 e. The number of halogens is 2. The van der Waals surface area contributed by atoms with Crippen LogP contribution in [0.5, 0.6) is 11.5 Å². The normalized spacial score (nSPS) is 11.9. The zero-order valence-electron chi connectivity index (χ0n) is 16.0. The second-order valence-electron chi connectivity index (χ2n) is 6.46. The molecule has 0 bridgehead atoms. The summed E-state index contributed by atoms with van der Waals surface area (Å²) in [6.45, 7) is 4.26. The summed E-state index contributed by atoms with van der Waals surface area (Å²) in [5.74, 6) is 1.83. The van der Waals surface area contributed by atoms with Crippen molar-refractivity contribution in [2.45, 2.75) is 39.2 Å². The van der Waals surface area contributed by atoms with Crippen LogP contribution >= 0.6 is 15.9 Å². The van der Waals surface area contributed by atoms with Gasteiger partial charge in [-0.25, -0.2) is 14.4 Å². The lowest BCUT2D eigenvalue weighted by atomic mass is 10.0. The Bertz CT molecular complexity index is 901. The van der Waals surface area contributed by atoms with E-state index in [9.17, 15) is 4.39 Å². The van der Waals surface area contributed by atoms with Crippen molar-refractivity contribution in [1.82, 2.24) is 9.97 Å². The van der Waals surface area contributed by atoms with E-state index in [0.717, 1.165) is 40.8 Å². The highest BCUT2D eigenvalue weighted by molar-refractivity contribution is 9.10. The molecular formula is C22H23BrFN3O. The predicted molar refractivity (Wildman–Crippen MR) is 113 cm³/mol. The SMILES string of the molecule is CCCc1ncnc(NC(CC)c2ccc(Oc3ccc(F)cc3)cc2)c1Br. The Morgan fingerprint density at radius 3 is 2.25 bits per heavy atom. The van der Waals surface area contributed by atoms with E-state index in [1.54, 1.807) is 18.5 Å². The Morgan fingerprint density at radius 2 is 1.64 bits per heavy atom. The van der Waals surface area contributed by atoms with Gasteiger partial charge in [0.25, 0.3) is 0 Å². The molecule has 3 rings (SSSR count). The summed E-state index contributed by atoms with van der Waals surface area (Å²) in [5.41, 5.74) is 2.15. The summed E-state index contributed by atoms with van der Waals surface area (Å²) in [4.78, 5) is 8.74. The number of hydrogen-bond acceptors (Lipinski definition) is 4. The molecule has 0 saturated heterocycles. The van der Waals surface area contributed by atoms with Gasteiger partial charge in [0.05, 0.1) is 16.2 Å². The zero-order chi connectivity index (χ0) is 19.9. The van der Waals surface area contributed by atoms with Crippen LogP contribution in [0.1, 0.15) is 44.0 Å². The molecule has 28 heavy (non-hydrogen) atoms. The molecule has 3 aromatic rings. The van der Waals surface area contributed by atoms with E-state index in [2.05, 4.69) is 45.1 Å². The molecule has 0 aliphatic carbocycles. The van der Waals surface area contributed by atoms with Gasteiger partial charge >= 0.3 is 0 Å². The number of nitrogens with one attached hydrogen (secondary N) is 1.